The first kappa shape index (κ1) is 10.8. The van der Waals surface area contributed by atoms with Crippen molar-refractivity contribution in [3.05, 3.63) is 30.5 Å². The highest BCUT2D eigenvalue weighted by Gasteiger charge is 2.04. The van der Waals surface area contributed by atoms with E-state index in [0.29, 0.717) is 0 Å². The van der Waals surface area contributed by atoms with Crippen LogP contribution in [0.5, 0.6) is 0 Å². The Morgan fingerprint density at radius 1 is 1.31 bits per heavy atom. The van der Waals surface area contributed by atoms with E-state index in [0.717, 1.165) is 29.9 Å². The molecular formula is C12H16N4. The molecule has 0 fully saturated rings. The fourth-order valence-corrected chi connectivity index (χ4v) is 1.53. The lowest BCUT2D eigenvalue weighted by Gasteiger charge is -2.16. The molecule has 0 saturated carbocycles. The van der Waals surface area contributed by atoms with Gasteiger partial charge in [0.05, 0.1) is 5.52 Å². The molecule has 0 spiro atoms. The third kappa shape index (κ3) is 2.28. The molecule has 0 atom stereocenters. The number of anilines is 1. The molecule has 0 amide bonds. The Hall–Kier alpha value is -1.68. The van der Waals surface area contributed by atoms with E-state index < -0.39 is 0 Å². The van der Waals surface area contributed by atoms with Crippen LogP contribution in [0.15, 0.2) is 30.5 Å². The Bertz CT molecular complexity index is 469. The van der Waals surface area contributed by atoms with Crippen LogP contribution in [-0.4, -0.2) is 37.2 Å². The highest BCUT2D eigenvalue weighted by molar-refractivity contribution is 5.78. The van der Waals surface area contributed by atoms with Crippen molar-refractivity contribution in [1.82, 2.24) is 15.3 Å². The van der Waals surface area contributed by atoms with Crippen LogP contribution in [0.25, 0.3) is 10.9 Å². The van der Waals surface area contributed by atoms with E-state index in [4.69, 9.17) is 0 Å². The van der Waals surface area contributed by atoms with E-state index in [2.05, 4.69) is 15.3 Å². The molecule has 0 radical (unpaired) electrons. The van der Waals surface area contributed by atoms with Gasteiger partial charge < -0.3 is 10.2 Å². The second kappa shape index (κ2) is 4.90. The third-order valence-corrected chi connectivity index (χ3v) is 2.51. The van der Waals surface area contributed by atoms with Crippen molar-refractivity contribution in [2.45, 2.75) is 0 Å². The first-order valence-electron chi connectivity index (χ1n) is 5.39. The number of rotatable bonds is 4. The summed E-state index contributed by atoms with van der Waals surface area (Å²) in [5, 5.41) is 4.19. The molecule has 0 unspecified atom stereocenters. The Kier molecular flexibility index (Phi) is 3.31. The number of likely N-dealkylation sites (N-methyl/N-ethyl adjacent to an activating group) is 2. The number of nitrogens with one attached hydrogen (secondary N) is 1. The molecule has 0 bridgehead atoms. The summed E-state index contributed by atoms with van der Waals surface area (Å²) in [5.74, 6) is 0.772. The smallest absolute Gasteiger partial charge is 0.225 e. The van der Waals surface area contributed by atoms with Crippen molar-refractivity contribution >= 4 is 16.9 Å². The monoisotopic (exact) mass is 216 g/mol. The Balaban J connectivity index is 2.25. The van der Waals surface area contributed by atoms with Crippen molar-refractivity contribution in [3.8, 4) is 0 Å². The number of benzene rings is 1. The van der Waals surface area contributed by atoms with E-state index in [1.807, 2.05) is 49.5 Å². The number of hydrogen-bond donors (Lipinski definition) is 1. The van der Waals surface area contributed by atoms with Gasteiger partial charge in [-0.05, 0) is 13.1 Å². The van der Waals surface area contributed by atoms with Crippen LogP contribution in [0.1, 0.15) is 0 Å². The summed E-state index contributed by atoms with van der Waals surface area (Å²) < 4.78 is 0. The molecule has 0 aliphatic heterocycles. The predicted octanol–water partition coefficient (Wildman–Crippen LogP) is 1.29. The Morgan fingerprint density at radius 2 is 2.12 bits per heavy atom. The standard InChI is InChI=1S/C12H16N4/c1-13-7-8-16(2)12-14-9-10-5-3-4-6-11(10)15-12/h3-6,9,13H,7-8H2,1-2H3. The van der Waals surface area contributed by atoms with Gasteiger partial charge in [0.2, 0.25) is 5.95 Å². The molecule has 1 aromatic heterocycles. The first-order valence-corrected chi connectivity index (χ1v) is 5.39. The molecular weight excluding hydrogens is 200 g/mol. The van der Waals surface area contributed by atoms with Gasteiger partial charge in [0, 0.05) is 31.7 Å². The van der Waals surface area contributed by atoms with E-state index in [1.165, 1.54) is 0 Å². The minimum Gasteiger partial charge on any atom is -0.343 e. The van der Waals surface area contributed by atoms with Crippen molar-refractivity contribution in [1.29, 1.82) is 0 Å². The third-order valence-electron chi connectivity index (χ3n) is 2.51. The van der Waals surface area contributed by atoms with Crippen molar-refractivity contribution in [2.24, 2.45) is 0 Å². The number of hydrogen-bond acceptors (Lipinski definition) is 4. The van der Waals surface area contributed by atoms with Gasteiger partial charge in [0.15, 0.2) is 0 Å². The van der Waals surface area contributed by atoms with Crippen molar-refractivity contribution in [2.75, 3.05) is 32.1 Å². The fraction of sp³-hybridized carbons (Fsp3) is 0.333. The SMILES string of the molecule is CNCCN(C)c1ncc2ccccc2n1. The maximum atomic E-state index is 4.52. The fourth-order valence-electron chi connectivity index (χ4n) is 1.53. The zero-order valence-corrected chi connectivity index (χ0v) is 9.64. The van der Waals surface area contributed by atoms with E-state index in [1.54, 1.807) is 0 Å². The summed E-state index contributed by atoms with van der Waals surface area (Å²) in [5.41, 5.74) is 0.990. The van der Waals surface area contributed by atoms with E-state index in [-0.39, 0.29) is 0 Å². The maximum Gasteiger partial charge on any atom is 0.225 e. The zero-order valence-electron chi connectivity index (χ0n) is 9.64. The molecule has 0 saturated heterocycles. The summed E-state index contributed by atoms with van der Waals surface area (Å²) in [6.07, 6.45) is 1.87. The number of aromatic nitrogens is 2. The first-order chi connectivity index (χ1) is 7.81. The molecule has 16 heavy (non-hydrogen) atoms. The largest absolute Gasteiger partial charge is 0.343 e. The highest BCUT2D eigenvalue weighted by atomic mass is 15.2. The second-order valence-electron chi connectivity index (χ2n) is 3.75. The average Bonchev–Trinajstić information content (AvgIpc) is 2.35. The Labute approximate surface area is 95.3 Å². The highest BCUT2D eigenvalue weighted by Crippen LogP contribution is 2.13. The molecule has 4 nitrogen and oxygen atoms in total. The topological polar surface area (TPSA) is 41.0 Å². The number of fused-ring (bicyclic) bond motifs is 1. The summed E-state index contributed by atoms with van der Waals surface area (Å²) in [7, 11) is 3.94. The van der Waals surface area contributed by atoms with E-state index in [9.17, 15) is 0 Å². The van der Waals surface area contributed by atoms with Gasteiger partial charge in [-0.2, -0.15) is 0 Å². The van der Waals surface area contributed by atoms with Crippen LogP contribution in [-0.2, 0) is 0 Å². The van der Waals surface area contributed by atoms with Crippen molar-refractivity contribution in [3.63, 3.8) is 0 Å². The van der Waals surface area contributed by atoms with Gasteiger partial charge in [-0.15, -0.1) is 0 Å². The van der Waals surface area contributed by atoms with Gasteiger partial charge in [-0.1, -0.05) is 18.2 Å². The van der Waals surface area contributed by atoms with Gasteiger partial charge >= 0.3 is 0 Å². The van der Waals surface area contributed by atoms with Crippen LogP contribution < -0.4 is 10.2 Å². The molecule has 0 aliphatic rings. The molecule has 1 N–H and O–H groups in total. The average molecular weight is 216 g/mol. The summed E-state index contributed by atoms with van der Waals surface area (Å²) in [4.78, 5) is 10.9. The molecule has 2 aromatic rings. The minimum atomic E-state index is 0.772. The normalized spacial score (nSPS) is 10.6. The lowest BCUT2D eigenvalue weighted by molar-refractivity contribution is 0.754. The zero-order chi connectivity index (χ0) is 11.4. The van der Waals surface area contributed by atoms with Gasteiger partial charge in [-0.3, -0.25) is 0 Å². The summed E-state index contributed by atoms with van der Waals surface area (Å²) in [6.45, 7) is 1.82. The molecule has 1 aromatic carbocycles. The van der Waals surface area contributed by atoms with Gasteiger partial charge in [0.1, 0.15) is 0 Å². The molecule has 2 rings (SSSR count). The van der Waals surface area contributed by atoms with Crippen LogP contribution in [0, 0.1) is 0 Å². The molecule has 84 valence electrons. The molecule has 1 heterocycles. The van der Waals surface area contributed by atoms with Gasteiger partial charge in [0.25, 0.3) is 0 Å². The summed E-state index contributed by atoms with van der Waals surface area (Å²) in [6, 6.07) is 8.02. The van der Waals surface area contributed by atoms with Crippen LogP contribution in [0.2, 0.25) is 0 Å². The lowest BCUT2D eigenvalue weighted by atomic mass is 10.2. The maximum absolute atomic E-state index is 4.52. The van der Waals surface area contributed by atoms with Gasteiger partial charge in [-0.25, -0.2) is 9.97 Å². The second-order valence-corrected chi connectivity index (χ2v) is 3.75. The number of nitrogens with zero attached hydrogens (tertiary/aromatic N) is 3. The lowest BCUT2D eigenvalue weighted by Crippen LogP contribution is -2.28. The Morgan fingerprint density at radius 3 is 2.94 bits per heavy atom. The quantitative estimate of drug-likeness (QED) is 0.836. The van der Waals surface area contributed by atoms with E-state index >= 15 is 0 Å². The molecule has 4 heteroatoms. The minimum absolute atomic E-state index is 0.772. The van der Waals surface area contributed by atoms with Crippen LogP contribution in [0.3, 0.4) is 0 Å². The summed E-state index contributed by atoms with van der Waals surface area (Å²) >= 11 is 0. The van der Waals surface area contributed by atoms with Crippen LogP contribution in [0.4, 0.5) is 5.95 Å². The molecule has 0 aliphatic carbocycles. The van der Waals surface area contributed by atoms with Crippen LogP contribution >= 0.6 is 0 Å². The van der Waals surface area contributed by atoms with Crippen molar-refractivity contribution < 1.29 is 0 Å². The predicted molar refractivity (Wildman–Crippen MR) is 66.7 cm³/mol. The number of para-hydroxylation sites is 1.